The minimum Gasteiger partial charge on any atom is -0.497 e. The van der Waals surface area contributed by atoms with E-state index in [1.54, 1.807) is 31.4 Å². The summed E-state index contributed by atoms with van der Waals surface area (Å²) in [6, 6.07) is 14.6. The Labute approximate surface area is 165 Å². The molecule has 29 heavy (non-hydrogen) atoms. The second-order valence-electron chi connectivity index (χ2n) is 5.99. The van der Waals surface area contributed by atoms with Gasteiger partial charge in [-0.25, -0.2) is 13.8 Å². The molecule has 1 heterocycles. The van der Waals surface area contributed by atoms with Crippen LogP contribution in [0, 0.1) is 11.6 Å². The lowest BCUT2D eigenvalue weighted by Gasteiger charge is -2.09. The molecule has 0 aliphatic carbocycles. The van der Waals surface area contributed by atoms with Crippen LogP contribution in [0.2, 0.25) is 0 Å². The van der Waals surface area contributed by atoms with Crippen LogP contribution in [-0.2, 0) is 6.54 Å². The number of halogens is 2. The highest BCUT2D eigenvalue weighted by atomic mass is 19.1. The van der Waals surface area contributed by atoms with Crippen molar-refractivity contribution in [3.63, 3.8) is 0 Å². The lowest BCUT2D eigenvalue weighted by atomic mass is 10.2. The second-order valence-corrected chi connectivity index (χ2v) is 5.99. The van der Waals surface area contributed by atoms with Gasteiger partial charge in [0, 0.05) is 6.54 Å². The topological polar surface area (TPSA) is 80.3 Å². The van der Waals surface area contributed by atoms with Gasteiger partial charge in [-0.05, 0) is 42.0 Å². The number of carbonyl (C=O) groups is 2. The largest absolute Gasteiger partial charge is 0.497 e. The molecule has 0 saturated carbocycles. The highest BCUT2D eigenvalue weighted by Gasteiger charge is 2.16. The average Bonchev–Trinajstić information content (AvgIpc) is 2.75. The molecular formula is C21H17F2N3O3. The number of aromatic nitrogens is 1. The number of rotatable bonds is 6. The van der Waals surface area contributed by atoms with Crippen molar-refractivity contribution in [1.82, 2.24) is 10.3 Å². The Morgan fingerprint density at radius 1 is 0.897 bits per heavy atom. The molecule has 2 amide bonds. The lowest BCUT2D eigenvalue weighted by Crippen LogP contribution is -2.25. The quantitative estimate of drug-likeness (QED) is 0.667. The maximum Gasteiger partial charge on any atom is 0.274 e. The Kier molecular flexibility index (Phi) is 6.13. The van der Waals surface area contributed by atoms with E-state index in [0.29, 0.717) is 5.75 Å². The summed E-state index contributed by atoms with van der Waals surface area (Å²) < 4.78 is 32.5. The van der Waals surface area contributed by atoms with Gasteiger partial charge in [0.2, 0.25) is 0 Å². The molecule has 2 N–H and O–H groups in total. The molecule has 0 unspecified atom stereocenters. The van der Waals surface area contributed by atoms with Gasteiger partial charge in [0.1, 0.15) is 34.5 Å². The molecule has 6 nitrogen and oxygen atoms in total. The van der Waals surface area contributed by atoms with Crippen LogP contribution in [0.3, 0.4) is 0 Å². The summed E-state index contributed by atoms with van der Waals surface area (Å²) >= 11 is 0. The highest BCUT2D eigenvalue weighted by molar-refractivity contribution is 6.04. The molecule has 0 atom stereocenters. The third-order valence-corrected chi connectivity index (χ3v) is 4.03. The SMILES string of the molecule is COc1ccc(CNC(=O)c2cccc(C(=O)Nc3c(F)cccc3F)n2)cc1. The minimum absolute atomic E-state index is 0.000155. The molecular weight excluding hydrogens is 380 g/mol. The number of amides is 2. The number of carbonyl (C=O) groups excluding carboxylic acids is 2. The van der Waals surface area contributed by atoms with Crippen molar-refractivity contribution in [3.05, 3.63) is 89.2 Å². The smallest absolute Gasteiger partial charge is 0.274 e. The van der Waals surface area contributed by atoms with Crippen LogP contribution in [0.25, 0.3) is 0 Å². The van der Waals surface area contributed by atoms with E-state index < -0.39 is 29.1 Å². The van der Waals surface area contributed by atoms with E-state index in [9.17, 15) is 18.4 Å². The number of benzene rings is 2. The summed E-state index contributed by atoms with van der Waals surface area (Å²) in [5.41, 5.74) is 0.127. The van der Waals surface area contributed by atoms with E-state index >= 15 is 0 Å². The molecule has 0 aliphatic heterocycles. The molecule has 1 aromatic heterocycles. The van der Waals surface area contributed by atoms with Crippen molar-refractivity contribution >= 4 is 17.5 Å². The van der Waals surface area contributed by atoms with E-state index in [2.05, 4.69) is 15.6 Å². The van der Waals surface area contributed by atoms with Crippen molar-refractivity contribution < 1.29 is 23.1 Å². The normalized spacial score (nSPS) is 10.3. The molecule has 0 fully saturated rings. The Bertz CT molecular complexity index is 1020. The molecule has 3 rings (SSSR count). The fourth-order valence-corrected chi connectivity index (χ4v) is 2.50. The van der Waals surface area contributed by atoms with E-state index in [-0.39, 0.29) is 17.9 Å². The van der Waals surface area contributed by atoms with Crippen molar-refractivity contribution in [2.45, 2.75) is 6.54 Å². The van der Waals surface area contributed by atoms with Gasteiger partial charge in [-0.1, -0.05) is 24.3 Å². The zero-order valence-electron chi connectivity index (χ0n) is 15.4. The molecule has 0 radical (unpaired) electrons. The molecule has 3 aromatic rings. The Hall–Kier alpha value is -3.81. The predicted octanol–water partition coefficient (Wildman–Crippen LogP) is 3.55. The molecule has 2 aromatic carbocycles. The van der Waals surface area contributed by atoms with E-state index in [0.717, 1.165) is 17.7 Å². The molecule has 8 heteroatoms. The number of anilines is 1. The zero-order chi connectivity index (χ0) is 20.8. The summed E-state index contributed by atoms with van der Waals surface area (Å²) in [7, 11) is 1.56. The number of ether oxygens (including phenoxy) is 1. The standard InChI is InChI=1S/C21H17F2N3O3/c1-29-14-10-8-13(9-11-14)12-24-20(27)17-6-3-7-18(25-17)21(28)26-19-15(22)4-2-5-16(19)23/h2-11H,12H2,1H3,(H,24,27)(H,26,28). The Morgan fingerprint density at radius 2 is 1.48 bits per heavy atom. The first kappa shape index (κ1) is 19.9. The van der Waals surface area contributed by atoms with Gasteiger partial charge in [-0.3, -0.25) is 9.59 Å². The third kappa shape index (κ3) is 4.92. The van der Waals surface area contributed by atoms with Crippen LogP contribution >= 0.6 is 0 Å². The number of nitrogens with zero attached hydrogens (tertiary/aromatic N) is 1. The van der Waals surface area contributed by atoms with Gasteiger partial charge in [0.05, 0.1) is 7.11 Å². The van der Waals surface area contributed by atoms with E-state index in [1.807, 2.05) is 0 Å². The van der Waals surface area contributed by atoms with E-state index in [1.165, 1.54) is 24.3 Å². The number of hydrogen-bond acceptors (Lipinski definition) is 4. The van der Waals surface area contributed by atoms with Gasteiger partial charge in [-0.15, -0.1) is 0 Å². The van der Waals surface area contributed by atoms with Crippen LogP contribution in [0.1, 0.15) is 26.5 Å². The molecule has 0 spiro atoms. The summed E-state index contributed by atoms with van der Waals surface area (Å²) in [5, 5.41) is 4.83. The lowest BCUT2D eigenvalue weighted by molar-refractivity contribution is 0.0945. The fourth-order valence-electron chi connectivity index (χ4n) is 2.50. The minimum atomic E-state index is -0.910. The van der Waals surface area contributed by atoms with Crippen LogP contribution in [0.4, 0.5) is 14.5 Å². The predicted molar refractivity (Wildman–Crippen MR) is 103 cm³/mol. The number of pyridine rings is 1. The van der Waals surface area contributed by atoms with Crippen LogP contribution in [0.5, 0.6) is 5.75 Å². The molecule has 148 valence electrons. The zero-order valence-corrected chi connectivity index (χ0v) is 15.4. The number of hydrogen-bond donors (Lipinski definition) is 2. The van der Waals surface area contributed by atoms with Gasteiger partial charge in [0.15, 0.2) is 0 Å². The second kappa shape index (κ2) is 8.92. The number of para-hydroxylation sites is 1. The van der Waals surface area contributed by atoms with Crippen LogP contribution in [-0.4, -0.2) is 23.9 Å². The first-order valence-electron chi connectivity index (χ1n) is 8.61. The van der Waals surface area contributed by atoms with Crippen molar-refractivity contribution in [1.29, 1.82) is 0 Å². The summed E-state index contributed by atoms with van der Waals surface area (Å²) in [5.74, 6) is -2.45. The number of methoxy groups -OCH3 is 1. The summed E-state index contributed by atoms with van der Waals surface area (Å²) in [6.07, 6.45) is 0. The van der Waals surface area contributed by atoms with Gasteiger partial charge >= 0.3 is 0 Å². The molecule has 0 aliphatic rings. The van der Waals surface area contributed by atoms with Crippen molar-refractivity contribution in [2.75, 3.05) is 12.4 Å². The Balaban J connectivity index is 1.67. The van der Waals surface area contributed by atoms with Crippen LogP contribution < -0.4 is 15.4 Å². The van der Waals surface area contributed by atoms with Crippen LogP contribution in [0.15, 0.2) is 60.7 Å². The number of nitrogens with one attached hydrogen (secondary N) is 2. The Morgan fingerprint density at radius 3 is 2.10 bits per heavy atom. The molecule has 0 bridgehead atoms. The third-order valence-electron chi connectivity index (χ3n) is 4.03. The fraction of sp³-hybridized carbons (Fsp3) is 0.0952. The summed E-state index contributed by atoms with van der Waals surface area (Å²) in [6.45, 7) is 0.251. The van der Waals surface area contributed by atoms with Crippen molar-refractivity contribution in [2.24, 2.45) is 0 Å². The summed E-state index contributed by atoms with van der Waals surface area (Å²) in [4.78, 5) is 28.6. The van der Waals surface area contributed by atoms with Crippen molar-refractivity contribution in [3.8, 4) is 5.75 Å². The van der Waals surface area contributed by atoms with Gasteiger partial charge in [0.25, 0.3) is 11.8 Å². The first-order chi connectivity index (χ1) is 14.0. The van der Waals surface area contributed by atoms with E-state index in [4.69, 9.17) is 4.74 Å². The molecule has 0 saturated heterocycles. The maximum absolute atomic E-state index is 13.7. The first-order valence-corrected chi connectivity index (χ1v) is 8.61. The van der Waals surface area contributed by atoms with Gasteiger partial charge < -0.3 is 15.4 Å². The monoisotopic (exact) mass is 397 g/mol. The maximum atomic E-state index is 13.7. The highest BCUT2D eigenvalue weighted by Crippen LogP contribution is 2.18. The average molecular weight is 397 g/mol. The van der Waals surface area contributed by atoms with Gasteiger partial charge in [-0.2, -0.15) is 0 Å².